The van der Waals surface area contributed by atoms with Gasteiger partial charge < -0.3 is 5.32 Å². The summed E-state index contributed by atoms with van der Waals surface area (Å²) in [6.07, 6.45) is 0. The Kier molecular flexibility index (Phi) is 3.91. The standard InChI is InChI=1S/C13H21N5S/c1-8(13(2,3)4)7-15-10-9-5-6-19-11(9)17-12(16-10)18-14/h5-6,8H,7,14H2,1-4H3,(H2,15,16,17,18). The van der Waals surface area contributed by atoms with Crippen molar-refractivity contribution in [2.24, 2.45) is 17.2 Å². The Balaban J connectivity index is 2.22. The summed E-state index contributed by atoms with van der Waals surface area (Å²) in [6.45, 7) is 9.84. The predicted molar refractivity (Wildman–Crippen MR) is 82.3 cm³/mol. The molecular weight excluding hydrogens is 258 g/mol. The Labute approximate surface area is 117 Å². The second-order valence-corrected chi connectivity index (χ2v) is 6.72. The topological polar surface area (TPSA) is 75.9 Å². The molecular formula is C13H21N5S. The van der Waals surface area contributed by atoms with E-state index in [1.165, 1.54) is 0 Å². The molecule has 4 N–H and O–H groups in total. The van der Waals surface area contributed by atoms with Gasteiger partial charge in [-0.1, -0.05) is 27.7 Å². The van der Waals surface area contributed by atoms with Crippen LogP contribution in [0, 0.1) is 11.3 Å². The fourth-order valence-corrected chi connectivity index (χ4v) is 2.37. The zero-order valence-corrected chi connectivity index (χ0v) is 12.6. The summed E-state index contributed by atoms with van der Waals surface area (Å²) in [5.74, 6) is 7.23. The average molecular weight is 279 g/mol. The highest BCUT2D eigenvalue weighted by molar-refractivity contribution is 7.16. The molecule has 6 heteroatoms. The quantitative estimate of drug-likeness (QED) is 0.592. The van der Waals surface area contributed by atoms with Crippen LogP contribution in [-0.2, 0) is 0 Å². The van der Waals surface area contributed by atoms with Crippen LogP contribution in [-0.4, -0.2) is 16.5 Å². The Morgan fingerprint density at radius 1 is 1.37 bits per heavy atom. The maximum Gasteiger partial charge on any atom is 0.240 e. The summed E-state index contributed by atoms with van der Waals surface area (Å²) in [5, 5.41) is 6.47. The van der Waals surface area contributed by atoms with Gasteiger partial charge >= 0.3 is 0 Å². The molecule has 2 aromatic heterocycles. The van der Waals surface area contributed by atoms with E-state index in [1.54, 1.807) is 11.3 Å². The molecule has 2 heterocycles. The average Bonchev–Trinajstić information content (AvgIpc) is 2.82. The van der Waals surface area contributed by atoms with Gasteiger partial charge in [-0.05, 0) is 22.8 Å². The number of nitrogen functional groups attached to an aromatic ring is 1. The van der Waals surface area contributed by atoms with E-state index in [1.807, 2.05) is 11.4 Å². The van der Waals surface area contributed by atoms with E-state index in [0.29, 0.717) is 11.9 Å². The van der Waals surface area contributed by atoms with Crippen molar-refractivity contribution in [2.45, 2.75) is 27.7 Å². The number of nitrogens with one attached hydrogen (secondary N) is 2. The highest BCUT2D eigenvalue weighted by Gasteiger charge is 2.20. The molecule has 0 saturated heterocycles. The number of anilines is 2. The van der Waals surface area contributed by atoms with E-state index in [9.17, 15) is 0 Å². The van der Waals surface area contributed by atoms with Gasteiger partial charge in [0.2, 0.25) is 5.95 Å². The SMILES string of the molecule is CC(CNc1nc(NN)nc2sccc12)C(C)(C)C. The molecule has 0 aromatic carbocycles. The smallest absolute Gasteiger partial charge is 0.240 e. The first kappa shape index (κ1) is 14.0. The Hall–Kier alpha value is -1.40. The number of aromatic nitrogens is 2. The number of hydrogen-bond acceptors (Lipinski definition) is 6. The van der Waals surface area contributed by atoms with Crippen LogP contribution in [0.5, 0.6) is 0 Å². The first-order chi connectivity index (χ1) is 8.91. The van der Waals surface area contributed by atoms with E-state index >= 15 is 0 Å². The Morgan fingerprint density at radius 3 is 2.74 bits per heavy atom. The second-order valence-electron chi connectivity index (χ2n) is 5.83. The van der Waals surface area contributed by atoms with Crippen LogP contribution in [0.2, 0.25) is 0 Å². The summed E-state index contributed by atoms with van der Waals surface area (Å²) in [7, 11) is 0. The second kappa shape index (κ2) is 5.30. The molecule has 2 aromatic rings. The Bertz CT molecular complexity index is 558. The van der Waals surface area contributed by atoms with Crippen molar-refractivity contribution in [1.29, 1.82) is 0 Å². The van der Waals surface area contributed by atoms with Gasteiger partial charge in [0.15, 0.2) is 0 Å². The minimum atomic E-state index is 0.267. The first-order valence-electron chi connectivity index (χ1n) is 6.37. The van der Waals surface area contributed by atoms with Crippen molar-refractivity contribution in [3.8, 4) is 0 Å². The van der Waals surface area contributed by atoms with Crippen molar-refractivity contribution in [2.75, 3.05) is 17.3 Å². The van der Waals surface area contributed by atoms with Gasteiger partial charge in [-0.15, -0.1) is 11.3 Å². The summed E-state index contributed by atoms with van der Waals surface area (Å²) in [5.41, 5.74) is 2.78. The van der Waals surface area contributed by atoms with Crippen LogP contribution in [0.1, 0.15) is 27.7 Å². The third-order valence-electron chi connectivity index (χ3n) is 3.51. The number of thiophene rings is 1. The molecule has 0 aliphatic heterocycles. The van der Waals surface area contributed by atoms with Crippen LogP contribution in [0.4, 0.5) is 11.8 Å². The van der Waals surface area contributed by atoms with E-state index < -0.39 is 0 Å². The normalized spacial score (nSPS) is 13.5. The number of hydrogen-bond donors (Lipinski definition) is 3. The van der Waals surface area contributed by atoms with Crippen molar-refractivity contribution in [3.05, 3.63) is 11.4 Å². The van der Waals surface area contributed by atoms with Crippen LogP contribution in [0.25, 0.3) is 10.2 Å². The number of nitrogens with two attached hydrogens (primary N) is 1. The maximum atomic E-state index is 5.41. The minimum Gasteiger partial charge on any atom is -0.369 e. The lowest BCUT2D eigenvalue weighted by atomic mass is 9.82. The molecule has 1 atom stereocenters. The van der Waals surface area contributed by atoms with Gasteiger partial charge in [0.05, 0.1) is 5.39 Å². The molecule has 0 spiro atoms. The highest BCUT2D eigenvalue weighted by atomic mass is 32.1. The first-order valence-corrected chi connectivity index (χ1v) is 7.25. The Morgan fingerprint density at radius 2 is 2.11 bits per heavy atom. The minimum absolute atomic E-state index is 0.267. The van der Waals surface area contributed by atoms with Crippen molar-refractivity contribution >= 4 is 33.3 Å². The summed E-state index contributed by atoms with van der Waals surface area (Å²) in [4.78, 5) is 9.65. The van der Waals surface area contributed by atoms with Crippen molar-refractivity contribution < 1.29 is 0 Å². The van der Waals surface area contributed by atoms with Crippen LogP contribution < -0.4 is 16.6 Å². The number of rotatable bonds is 4. The fourth-order valence-electron chi connectivity index (χ4n) is 1.61. The molecule has 2 rings (SSSR count). The van der Waals surface area contributed by atoms with Crippen molar-refractivity contribution in [3.63, 3.8) is 0 Å². The molecule has 0 bridgehead atoms. The third-order valence-corrected chi connectivity index (χ3v) is 4.31. The number of fused-ring (bicyclic) bond motifs is 1. The van der Waals surface area contributed by atoms with Crippen LogP contribution in [0.15, 0.2) is 11.4 Å². The van der Waals surface area contributed by atoms with Gasteiger partial charge in [-0.2, -0.15) is 4.98 Å². The van der Waals surface area contributed by atoms with Crippen molar-refractivity contribution in [1.82, 2.24) is 9.97 Å². The largest absolute Gasteiger partial charge is 0.369 e. The van der Waals surface area contributed by atoms with E-state index in [4.69, 9.17) is 5.84 Å². The lowest BCUT2D eigenvalue weighted by molar-refractivity contribution is 0.274. The summed E-state index contributed by atoms with van der Waals surface area (Å²) < 4.78 is 0. The number of hydrazine groups is 1. The fraction of sp³-hybridized carbons (Fsp3) is 0.538. The van der Waals surface area contributed by atoms with Crippen LogP contribution >= 0.6 is 11.3 Å². The molecule has 0 aliphatic carbocycles. The molecule has 0 radical (unpaired) electrons. The predicted octanol–water partition coefficient (Wildman–Crippen LogP) is 3.07. The molecule has 0 saturated carbocycles. The zero-order valence-electron chi connectivity index (χ0n) is 11.8. The van der Waals surface area contributed by atoms with E-state index in [2.05, 4.69) is 48.4 Å². The summed E-state index contributed by atoms with van der Waals surface area (Å²) >= 11 is 1.58. The van der Waals surface area contributed by atoms with Gasteiger partial charge in [0, 0.05) is 6.54 Å². The van der Waals surface area contributed by atoms with E-state index in [-0.39, 0.29) is 5.41 Å². The molecule has 104 valence electrons. The van der Waals surface area contributed by atoms with Gasteiger partial charge in [-0.25, -0.2) is 10.8 Å². The maximum absolute atomic E-state index is 5.41. The molecule has 1 unspecified atom stereocenters. The summed E-state index contributed by atoms with van der Waals surface area (Å²) in [6, 6.07) is 2.03. The molecule has 5 nitrogen and oxygen atoms in total. The van der Waals surface area contributed by atoms with Crippen LogP contribution in [0.3, 0.4) is 0 Å². The molecule has 0 aliphatic rings. The molecule has 19 heavy (non-hydrogen) atoms. The number of nitrogens with zero attached hydrogens (tertiary/aromatic N) is 2. The zero-order chi connectivity index (χ0) is 14.0. The highest BCUT2D eigenvalue weighted by Crippen LogP contribution is 2.29. The molecule has 0 amide bonds. The molecule has 0 fully saturated rings. The lowest BCUT2D eigenvalue weighted by Gasteiger charge is -2.27. The van der Waals surface area contributed by atoms with Gasteiger partial charge in [0.25, 0.3) is 0 Å². The van der Waals surface area contributed by atoms with E-state index in [0.717, 1.165) is 22.6 Å². The van der Waals surface area contributed by atoms with Gasteiger partial charge in [-0.3, -0.25) is 5.43 Å². The van der Waals surface area contributed by atoms with Gasteiger partial charge in [0.1, 0.15) is 10.6 Å². The monoisotopic (exact) mass is 279 g/mol. The third kappa shape index (κ3) is 3.13. The lowest BCUT2D eigenvalue weighted by Crippen LogP contribution is -2.25.